The van der Waals surface area contributed by atoms with Crippen LogP contribution in [0.25, 0.3) is 11.8 Å². The Labute approximate surface area is 263 Å². The molecule has 2 heterocycles. The molecule has 1 aliphatic heterocycles. The number of benzene rings is 3. The van der Waals surface area contributed by atoms with Gasteiger partial charge in [0.15, 0.2) is 22.9 Å². The molecule has 0 saturated heterocycles. The maximum absolute atomic E-state index is 14.2. The van der Waals surface area contributed by atoms with Gasteiger partial charge in [0.25, 0.3) is 5.56 Å². The summed E-state index contributed by atoms with van der Waals surface area (Å²) in [6, 6.07) is 20.9. The van der Waals surface area contributed by atoms with E-state index < -0.39 is 18.0 Å². The largest absolute Gasteiger partial charge is 0.497 e. The van der Waals surface area contributed by atoms with Crippen molar-refractivity contribution in [2.24, 2.45) is 4.99 Å². The van der Waals surface area contributed by atoms with Gasteiger partial charge in [-0.05, 0) is 55.3 Å². The molecule has 232 valence electrons. The Morgan fingerprint density at radius 1 is 0.911 bits per heavy atom. The minimum absolute atomic E-state index is 0.154. The van der Waals surface area contributed by atoms with Crippen LogP contribution in [0.4, 0.5) is 0 Å². The summed E-state index contributed by atoms with van der Waals surface area (Å²) < 4.78 is 28.9. The molecule has 0 unspecified atom stereocenters. The van der Waals surface area contributed by atoms with E-state index in [4.69, 9.17) is 28.7 Å². The van der Waals surface area contributed by atoms with Gasteiger partial charge < -0.3 is 23.7 Å². The van der Waals surface area contributed by atoms with Crippen molar-refractivity contribution < 1.29 is 33.3 Å². The number of fused-ring (bicyclic) bond motifs is 1. The summed E-state index contributed by atoms with van der Waals surface area (Å²) in [5.74, 6) is 0.256. The van der Waals surface area contributed by atoms with Gasteiger partial charge in [0, 0.05) is 5.56 Å². The van der Waals surface area contributed by atoms with Crippen molar-refractivity contribution in [3.63, 3.8) is 0 Å². The molecule has 0 saturated carbocycles. The summed E-state index contributed by atoms with van der Waals surface area (Å²) in [6.07, 6.45) is 1.72. The lowest BCUT2D eigenvalue weighted by Crippen LogP contribution is -2.40. The van der Waals surface area contributed by atoms with Gasteiger partial charge in [-0.2, -0.15) is 0 Å². The molecule has 0 N–H and O–H groups in total. The van der Waals surface area contributed by atoms with Crippen molar-refractivity contribution >= 4 is 35.0 Å². The Kier molecular flexibility index (Phi) is 9.79. The molecule has 0 fully saturated rings. The molecular weight excluding hydrogens is 596 g/mol. The second-order valence-corrected chi connectivity index (χ2v) is 10.7. The number of hydrogen-bond donors (Lipinski definition) is 0. The third kappa shape index (κ3) is 6.68. The Morgan fingerprint density at radius 2 is 1.69 bits per heavy atom. The predicted octanol–water partition coefficient (Wildman–Crippen LogP) is 3.89. The van der Waals surface area contributed by atoms with Gasteiger partial charge in [0.2, 0.25) is 0 Å². The van der Waals surface area contributed by atoms with Gasteiger partial charge in [-0.25, -0.2) is 14.6 Å². The maximum atomic E-state index is 14.2. The van der Waals surface area contributed by atoms with Crippen molar-refractivity contribution in [3.8, 4) is 17.2 Å². The summed E-state index contributed by atoms with van der Waals surface area (Å²) in [6.45, 7) is 3.59. The fourth-order valence-electron chi connectivity index (χ4n) is 4.95. The monoisotopic (exact) mass is 628 g/mol. The first-order valence-electron chi connectivity index (χ1n) is 14.3. The molecule has 11 heteroatoms. The SMILES string of the molecule is CCOC(=O)COc1ccc(/C=c2/sc3n(c2=O)[C@@H](c2cccc(OC)c2)C(C(=O)OCC)=C(c2ccccc2)N=3)cc1OC. The zero-order valence-corrected chi connectivity index (χ0v) is 26.1. The third-order valence-corrected chi connectivity index (χ3v) is 7.90. The lowest BCUT2D eigenvalue weighted by atomic mass is 9.93. The van der Waals surface area contributed by atoms with Crippen LogP contribution in [-0.2, 0) is 19.1 Å². The molecule has 1 aromatic heterocycles. The van der Waals surface area contributed by atoms with Crippen LogP contribution in [0.2, 0.25) is 0 Å². The Bertz CT molecular complexity index is 1930. The number of carbonyl (C=O) groups excluding carboxylic acids is 2. The second-order valence-electron chi connectivity index (χ2n) is 9.71. The van der Waals surface area contributed by atoms with Crippen LogP contribution in [0.1, 0.15) is 36.6 Å². The predicted molar refractivity (Wildman–Crippen MR) is 169 cm³/mol. The van der Waals surface area contributed by atoms with Crippen LogP contribution in [0.5, 0.6) is 17.2 Å². The quantitative estimate of drug-likeness (QED) is 0.230. The zero-order valence-electron chi connectivity index (χ0n) is 25.3. The average molecular weight is 629 g/mol. The van der Waals surface area contributed by atoms with Crippen molar-refractivity contribution in [2.75, 3.05) is 34.0 Å². The number of ether oxygens (including phenoxy) is 5. The van der Waals surface area contributed by atoms with E-state index >= 15 is 0 Å². The van der Waals surface area contributed by atoms with Crippen molar-refractivity contribution in [1.29, 1.82) is 0 Å². The molecular formula is C34H32N2O8S. The van der Waals surface area contributed by atoms with Crippen LogP contribution >= 0.6 is 11.3 Å². The number of thiazole rings is 1. The van der Waals surface area contributed by atoms with Crippen LogP contribution in [-0.4, -0.2) is 50.5 Å². The highest BCUT2D eigenvalue weighted by molar-refractivity contribution is 7.07. The molecule has 0 radical (unpaired) electrons. The molecule has 10 nitrogen and oxygen atoms in total. The molecule has 1 aliphatic rings. The minimum atomic E-state index is -0.832. The number of esters is 2. The average Bonchev–Trinajstić information content (AvgIpc) is 3.37. The van der Waals surface area contributed by atoms with Crippen molar-refractivity contribution in [3.05, 3.63) is 115 Å². The molecule has 1 atom stereocenters. The van der Waals surface area contributed by atoms with Crippen LogP contribution in [0.3, 0.4) is 0 Å². The van der Waals surface area contributed by atoms with E-state index in [-0.39, 0.29) is 31.0 Å². The first-order valence-corrected chi connectivity index (χ1v) is 15.1. The molecule has 0 amide bonds. The van der Waals surface area contributed by atoms with E-state index in [9.17, 15) is 14.4 Å². The molecule has 0 spiro atoms. The molecule has 45 heavy (non-hydrogen) atoms. The smallest absolute Gasteiger partial charge is 0.344 e. The molecule has 0 aliphatic carbocycles. The van der Waals surface area contributed by atoms with Crippen LogP contribution in [0.15, 0.2) is 88.2 Å². The van der Waals surface area contributed by atoms with Crippen molar-refractivity contribution in [1.82, 2.24) is 4.57 Å². The van der Waals surface area contributed by atoms with E-state index in [1.165, 1.54) is 23.0 Å². The Morgan fingerprint density at radius 3 is 2.40 bits per heavy atom. The number of hydrogen-bond acceptors (Lipinski definition) is 10. The molecule has 4 aromatic rings. The lowest BCUT2D eigenvalue weighted by molar-refractivity contribution is -0.145. The van der Waals surface area contributed by atoms with Crippen LogP contribution < -0.4 is 29.1 Å². The summed E-state index contributed by atoms with van der Waals surface area (Å²) in [5, 5.41) is 0. The molecule has 3 aromatic carbocycles. The van der Waals surface area contributed by atoms with E-state index in [0.29, 0.717) is 49.0 Å². The number of carbonyl (C=O) groups is 2. The normalized spacial score (nSPS) is 14.3. The number of aromatic nitrogens is 1. The van der Waals surface area contributed by atoms with Gasteiger partial charge in [-0.1, -0.05) is 59.9 Å². The van der Waals surface area contributed by atoms with Crippen LogP contribution in [0, 0.1) is 0 Å². The fraction of sp³-hybridized carbons (Fsp3) is 0.235. The fourth-order valence-corrected chi connectivity index (χ4v) is 5.95. The van der Waals surface area contributed by atoms with Gasteiger partial charge in [0.1, 0.15) is 5.75 Å². The number of nitrogens with zero attached hydrogens (tertiary/aromatic N) is 2. The van der Waals surface area contributed by atoms with Gasteiger partial charge in [-0.3, -0.25) is 9.36 Å². The zero-order chi connectivity index (χ0) is 31.9. The second kappa shape index (κ2) is 14.1. The summed E-state index contributed by atoms with van der Waals surface area (Å²) in [5.41, 5.74) is 2.39. The number of rotatable bonds is 11. The minimum Gasteiger partial charge on any atom is -0.497 e. The van der Waals surface area contributed by atoms with E-state index in [1.54, 1.807) is 57.4 Å². The summed E-state index contributed by atoms with van der Waals surface area (Å²) in [7, 11) is 3.05. The Hall–Kier alpha value is -5.16. The summed E-state index contributed by atoms with van der Waals surface area (Å²) >= 11 is 1.21. The standard InChI is InChI=1S/C34H32N2O8S/c1-5-42-28(37)20-44-25-16-15-21(17-26(25)41-4)18-27-32(38)36-31(23-13-10-14-24(19-23)40-3)29(33(39)43-6-2)30(35-34(36)45-27)22-11-8-7-9-12-22/h7-19,31H,5-6,20H2,1-4H3/b27-18+/t31-/m0/s1. The highest BCUT2D eigenvalue weighted by Crippen LogP contribution is 2.36. The first kappa shape index (κ1) is 31.3. The highest BCUT2D eigenvalue weighted by Gasteiger charge is 2.35. The van der Waals surface area contributed by atoms with Gasteiger partial charge in [0.05, 0.1) is 49.3 Å². The maximum Gasteiger partial charge on any atom is 0.344 e. The van der Waals surface area contributed by atoms with Gasteiger partial charge >= 0.3 is 11.9 Å². The molecule has 0 bridgehead atoms. The molecule has 5 rings (SSSR count). The topological polar surface area (TPSA) is 115 Å². The van der Waals surface area contributed by atoms with Crippen molar-refractivity contribution in [2.45, 2.75) is 19.9 Å². The third-order valence-electron chi connectivity index (χ3n) is 6.92. The lowest BCUT2D eigenvalue weighted by Gasteiger charge is -2.26. The van der Waals surface area contributed by atoms with Gasteiger partial charge in [-0.15, -0.1) is 0 Å². The highest BCUT2D eigenvalue weighted by atomic mass is 32.1. The van der Waals surface area contributed by atoms with E-state index in [0.717, 1.165) is 0 Å². The summed E-state index contributed by atoms with van der Waals surface area (Å²) in [4.78, 5) is 44.8. The van der Waals surface area contributed by atoms with E-state index in [1.807, 2.05) is 42.5 Å². The van der Waals surface area contributed by atoms with E-state index in [2.05, 4.69) is 0 Å². The Balaban J connectivity index is 1.68. The first-order chi connectivity index (χ1) is 21.9. The number of methoxy groups -OCH3 is 2.